The second-order valence-electron chi connectivity index (χ2n) is 6.08. The van der Waals surface area contributed by atoms with Crippen LogP contribution in [0.25, 0.3) is 11.4 Å². The number of amides is 1. The summed E-state index contributed by atoms with van der Waals surface area (Å²) in [5.74, 6) is 1.61. The number of nitrogens with one attached hydrogen (secondary N) is 1. The summed E-state index contributed by atoms with van der Waals surface area (Å²) < 4.78 is 9.59. The fourth-order valence-electron chi connectivity index (χ4n) is 2.62. The van der Waals surface area contributed by atoms with E-state index in [4.69, 9.17) is 17.0 Å². The van der Waals surface area contributed by atoms with Gasteiger partial charge in [-0.2, -0.15) is 5.10 Å². The number of ether oxygens (including phenoxy) is 1. The first-order valence-corrected chi connectivity index (χ1v) is 9.18. The monoisotopic (exact) mass is 377 g/mol. The van der Waals surface area contributed by atoms with Crippen molar-refractivity contribution in [3.63, 3.8) is 0 Å². The van der Waals surface area contributed by atoms with E-state index in [1.54, 1.807) is 11.8 Å². The number of nitrogens with zero attached hydrogens (tertiary/aromatic N) is 4. The largest absolute Gasteiger partial charge is 0.497 e. The minimum absolute atomic E-state index is 0.00571. The van der Waals surface area contributed by atoms with E-state index < -0.39 is 0 Å². The molecule has 2 rings (SSSR count). The van der Waals surface area contributed by atoms with E-state index >= 15 is 0 Å². The number of likely N-dealkylation sites (N-methyl/N-ethyl adjacent to an activating group) is 1. The number of carbonyl (C=O) groups is 1. The third-order valence-electron chi connectivity index (χ3n) is 3.95. The molecule has 7 nitrogen and oxygen atoms in total. The highest BCUT2D eigenvalue weighted by Gasteiger charge is 2.14. The highest BCUT2D eigenvalue weighted by molar-refractivity contribution is 7.71. The maximum Gasteiger partial charge on any atom is 0.234 e. The number of aromatic nitrogens is 3. The van der Waals surface area contributed by atoms with Gasteiger partial charge in [0.25, 0.3) is 0 Å². The van der Waals surface area contributed by atoms with E-state index in [9.17, 15) is 4.79 Å². The first-order chi connectivity index (χ1) is 12.5. The van der Waals surface area contributed by atoms with Gasteiger partial charge in [-0.15, -0.1) is 0 Å². The standard InChI is InChI=1S/C18H27N5O2S/c1-5-11-19-16(24)12-21(3)13-23-18(26)22(6-2)17(20-23)14-7-9-15(25-4)10-8-14/h7-10H,5-6,11-13H2,1-4H3,(H,19,24). The van der Waals surface area contributed by atoms with E-state index in [-0.39, 0.29) is 5.91 Å². The molecule has 0 aliphatic carbocycles. The molecule has 0 aliphatic heterocycles. The molecule has 1 heterocycles. The molecule has 0 radical (unpaired) electrons. The maximum atomic E-state index is 11.9. The van der Waals surface area contributed by atoms with Crippen LogP contribution in [-0.2, 0) is 18.0 Å². The number of rotatable bonds is 9. The van der Waals surface area contributed by atoms with Gasteiger partial charge in [0.1, 0.15) is 5.75 Å². The van der Waals surface area contributed by atoms with Gasteiger partial charge in [0.2, 0.25) is 5.91 Å². The molecule has 0 saturated heterocycles. The Kier molecular flexibility index (Phi) is 7.35. The Bertz CT molecular complexity index is 782. The minimum Gasteiger partial charge on any atom is -0.497 e. The van der Waals surface area contributed by atoms with Crippen molar-refractivity contribution in [1.82, 2.24) is 24.6 Å². The zero-order valence-electron chi connectivity index (χ0n) is 15.9. The summed E-state index contributed by atoms with van der Waals surface area (Å²) in [5, 5.41) is 7.55. The molecule has 1 amide bonds. The quantitative estimate of drug-likeness (QED) is 0.681. The predicted octanol–water partition coefficient (Wildman–Crippen LogP) is 2.53. The van der Waals surface area contributed by atoms with Crippen molar-refractivity contribution in [1.29, 1.82) is 0 Å². The van der Waals surface area contributed by atoms with Crippen LogP contribution in [0.5, 0.6) is 5.75 Å². The van der Waals surface area contributed by atoms with Gasteiger partial charge in [-0.1, -0.05) is 6.92 Å². The van der Waals surface area contributed by atoms with Crippen molar-refractivity contribution in [3.8, 4) is 17.1 Å². The van der Waals surface area contributed by atoms with Crippen LogP contribution in [0, 0.1) is 4.77 Å². The summed E-state index contributed by atoms with van der Waals surface area (Å²) >= 11 is 5.57. The molecule has 1 aromatic carbocycles. The van der Waals surface area contributed by atoms with Crippen molar-refractivity contribution in [2.24, 2.45) is 0 Å². The van der Waals surface area contributed by atoms with Crippen LogP contribution in [-0.4, -0.2) is 52.4 Å². The maximum absolute atomic E-state index is 11.9. The number of methoxy groups -OCH3 is 1. The van der Waals surface area contributed by atoms with Crippen LogP contribution in [0.1, 0.15) is 20.3 Å². The van der Waals surface area contributed by atoms with Gasteiger partial charge in [-0.25, -0.2) is 4.68 Å². The van der Waals surface area contributed by atoms with E-state index in [2.05, 4.69) is 10.4 Å². The Balaban J connectivity index is 2.18. The lowest BCUT2D eigenvalue weighted by Gasteiger charge is -2.15. The summed E-state index contributed by atoms with van der Waals surface area (Å²) in [4.78, 5) is 13.8. The van der Waals surface area contributed by atoms with E-state index in [1.165, 1.54) is 0 Å². The molecule has 0 saturated carbocycles. The average molecular weight is 378 g/mol. The fraction of sp³-hybridized carbons (Fsp3) is 0.500. The van der Waals surface area contributed by atoms with Crippen molar-refractivity contribution >= 4 is 18.1 Å². The Morgan fingerprint density at radius 2 is 2.00 bits per heavy atom. The lowest BCUT2D eigenvalue weighted by atomic mass is 10.2. The summed E-state index contributed by atoms with van der Waals surface area (Å²) in [5.41, 5.74) is 0.973. The number of hydrogen-bond acceptors (Lipinski definition) is 5. The third kappa shape index (κ3) is 4.92. The predicted molar refractivity (Wildman–Crippen MR) is 105 cm³/mol. The Hall–Kier alpha value is -2.19. The van der Waals surface area contributed by atoms with Gasteiger partial charge in [-0.3, -0.25) is 9.69 Å². The smallest absolute Gasteiger partial charge is 0.234 e. The first-order valence-electron chi connectivity index (χ1n) is 8.77. The molecule has 8 heteroatoms. The Morgan fingerprint density at radius 1 is 1.31 bits per heavy atom. The molecule has 0 unspecified atom stereocenters. The molecule has 0 atom stereocenters. The van der Waals surface area contributed by atoms with Gasteiger partial charge >= 0.3 is 0 Å². The summed E-state index contributed by atoms with van der Waals surface area (Å²) in [6.07, 6.45) is 0.923. The van der Waals surface area contributed by atoms with Crippen LogP contribution in [0.3, 0.4) is 0 Å². The van der Waals surface area contributed by atoms with Gasteiger partial charge in [0.05, 0.1) is 20.3 Å². The fourth-order valence-corrected chi connectivity index (χ4v) is 2.93. The molecule has 1 aromatic heterocycles. The van der Waals surface area contributed by atoms with Gasteiger partial charge in [0.15, 0.2) is 10.6 Å². The molecule has 0 bridgehead atoms. The molecular weight excluding hydrogens is 350 g/mol. The van der Waals surface area contributed by atoms with Crippen molar-refractivity contribution < 1.29 is 9.53 Å². The van der Waals surface area contributed by atoms with E-state index in [0.29, 0.717) is 24.5 Å². The highest BCUT2D eigenvalue weighted by Crippen LogP contribution is 2.21. The summed E-state index contributed by atoms with van der Waals surface area (Å²) in [7, 11) is 3.52. The van der Waals surface area contributed by atoms with Crippen LogP contribution in [0.4, 0.5) is 0 Å². The summed E-state index contributed by atoms with van der Waals surface area (Å²) in [6, 6.07) is 7.74. The zero-order chi connectivity index (χ0) is 19.1. The average Bonchev–Trinajstić information content (AvgIpc) is 2.95. The molecule has 26 heavy (non-hydrogen) atoms. The number of hydrogen-bond donors (Lipinski definition) is 1. The first kappa shape index (κ1) is 20.1. The van der Waals surface area contributed by atoms with Crippen molar-refractivity contribution in [2.75, 3.05) is 27.2 Å². The molecule has 1 N–H and O–H groups in total. The number of benzene rings is 1. The molecule has 142 valence electrons. The van der Waals surface area contributed by atoms with E-state index in [0.717, 1.165) is 30.1 Å². The van der Waals surface area contributed by atoms with Gasteiger partial charge in [0, 0.05) is 18.7 Å². The van der Waals surface area contributed by atoms with Crippen LogP contribution >= 0.6 is 12.2 Å². The molecular formula is C18H27N5O2S. The normalized spacial score (nSPS) is 11.0. The van der Waals surface area contributed by atoms with Crippen LogP contribution in [0.15, 0.2) is 24.3 Å². The van der Waals surface area contributed by atoms with Crippen molar-refractivity contribution in [2.45, 2.75) is 33.5 Å². The molecule has 0 aliphatic rings. The van der Waals surface area contributed by atoms with Crippen LogP contribution < -0.4 is 10.1 Å². The minimum atomic E-state index is 0.00571. The zero-order valence-corrected chi connectivity index (χ0v) is 16.7. The molecule has 0 fully saturated rings. The molecule has 0 spiro atoms. The van der Waals surface area contributed by atoms with Gasteiger partial charge in [-0.05, 0) is 56.9 Å². The number of carbonyl (C=O) groups excluding carboxylic acids is 1. The Morgan fingerprint density at radius 3 is 2.58 bits per heavy atom. The van der Waals surface area contributed by atoms with Gasteiger partial charge < -0.3 is 14.6 Å². The second-order valence-corrected chi connectivity index (χ2v) is 6.45. The second kappa shape index (κ2) is 9.49. The van der Waals surface area contributed by atoms with Crippen LogP contribution in [0.2, 0.25) is 0 Å². The summed E-state index contributed by atoms with van der Waals surface area (Å²) in [6.45, 7) is 6.24. The van der Waals surface area contributed by atoms with E-state index in [1.807, 2.05) is 54.6 Å². The lowest BCUT2D eigenvalue weighted by Crippen LogP contribution is -2.36. The topological polar surface area (TPSA) is 64.3 Å². The Labute approximate surface area is 159 Å². The third-order valence-corrected chi connectivity index (χ3v) is 4.38. The lowest BCUT2D eigenvalue weighted by molar-refractivity contribution is -0.122. The van der Waals surface area contributed by atoms with Crippen molar-refractivity contribution in [3.05, 3.63) is 29.0 Å². The SMILES string of the molecule is CCCNC(=O)CN(C)Cn1nc(-c2ccc(OC)cc2)n(CC)c1=S. The highest BCUT2D eigenvalue weighted by atomic mass is 32.1. The molecule has 2 aromatic rings.